The summed E-state index contributed by atoms with van der Waals surface area (Å²) in [6.45, 7) is 3.31. The topological polar surface area (TPSA) is 268 Å². The lowest BCUT2D eigenvalue weighted by Crippen LogP contribution is -2.16. The number of hydrogen-bond acceptors (Lipinski definition) is 9. The lowest BCUT2D eigenvalue weighted by atomic mass is 10.0. The van der Waals surface area contributed by atoms with Crippen molar-refractivity contribution in [2.24, 2.45) is 0 Å². The summed E-state index contributed by atoms with van der Waals surface area (Å²) in [5.41, 5.74) is -0.451. The highest BCUT2D eigenvalue weighted by Gasteiger charge is 2.36. The second kappa shape index (κ2) is 8.38. The van der Waals surface area contributed by atoms with E-state index in [-0.39, 0.29) is 29.2 Å². The maximum atomic E-state index is 11.7. The van der Waals surface area contributed by atoms with E-state index in [2.05, 4.69) is 6.58 Å². The van der Waals surface area contributed by atoms with Crippen LogP contribution in [-0.2, 0) is 30.4 Å². The van der Waals surface area contributed by atoms with Crippen LogP contribution in [0.3, 0.4) is 0 Å². The van der Waals surface area contributed by atoms with E-state index in [4.69, 9.17) is 0 Å². The molecular formula is C12H19N3O9S3. The van der Waals surface area contributed by atoms with Crippen molar-refractivity contribution in [3.63, 3.8) is 0 Å². The van der Waals surface area contributed by atoms with E-state index in [1.165, 1.54) is 18.2 Å². The van der Waals surface area contributed by atoms with Gasteiger partial charge in [-0.25, -0.2) is 0 Å². The number of hydrogen-bond donors (Lipinski definition) is 6. The quantitative estimate of drug-likeness (QED) is 0.367. The first kappa shape index (κ1) is 27.3. The monoisotopic (exact) mass is 445 g/mol. The van der Waals surface area contributed by atoms with Crippen LogP contribution < -0.4 is 18.5 Å². The summed E-state index contributed by atoms with van der Waals surface area (Å²) in [5.74, 6) is 0. The highest BCUT2D eigenvalue weighted by molar-refractivity contribution is 7.90. The molecule has 0 saturated carbocycles. The van der Waals surface area contributed by atoms with Crippen LogP contribution in [0.2, 0.25) is 0 Å². The largest absolute Gasteiger partial charge is 0.344 e. The van der Waals surface area contributed by atoms with Crippen molar-refractivity contribution in [2.75, 3.05) is 0 Å². The molecule has 27 heavy (non-hydrogen) atoms. The molecule has 0 heterocycles. The van der Waals surface area contributed by atoms with Gasteiger partial charge >= 0.3 is 0 Å². The molecule has 0 aromatic heterocycles. The molecule has 15 heteroatoms. The van der Waals surface area contributed by atoms with Gasteiger partial charge in [0.05, 0.1) is 0 Å². The van der Waals surface area contributed by atoms with Crippen molar-refractivity contribution < 1.29 is 38.9 Å². The van der Waals surface area contributed by atoms with Crippen molar-refractivity contribution >= 4 is 47.2 Å². The minimum absolute atomic E-state index is 0. The minimum Gasteiger partial charge on any atom is -0.344 e. The van der Waals surface area contributed by atoms with E-state index in [9.17, 15) is 38.9 Å². The zero-order valence-corrected chi connectivity index (χ0v) is 16.2. The van der Waals surface area contributed by atoms with Gasteiger partial charge in [-0.3, -0.25) is 13.7 Å². The highest BCUT2D eigenvalue weighted by Crippen LogP contribution is 2.39. The minimum atomic E-state index is -5.48. The van der Waals surface area contributed by atoms with Crippen molar-refractivity contribution in [1.29, 1.82) is 0 Å². The molecule has 2 rings (SSSR count). The lowest BCUT2D eigenvalue weighted by molar-refractivity contribution is 0.457. The van der Waals surface area contributed by atoms with Gasteiger partial charge in [-0.05, 0) is 5.39 Å². The Morgan fingerprint density at radius 3 is 1.37 bits per heavy atom. The van der Waals surface area contributed by atoms with E-state index < -0.39 is 50.6 Å². The molecule has 0 atom stereocenters. The van der Waals surface area contributed by atoms with Gasteiger partial charge in [-0.1, -0.05) is 36.9 Å². The molecule has 154 valence electrons. The van der Waals surface area contributed by atoms with Gasteiger partial charge in [0.1, 0.15) is 14.7 Å². The second-order valence-corrected chi connectivity index (χ2v) is 8.65. The molecule has 12 N–H and O–H groups in total. The van der Waals surface area contributed by atoms with Crippen molar-refractivity contribution in [2.45, 2.75) is 14.7 Å². The SMILES string of the molecule is C=Cc1c(S(=O)(=O)O)c(S(=O)(=O)O)c(S(=O)(=O)O)c2ccccc12.N.N.N. The zero-order valence-electron chi connectivity index (χ0n) is 13.7. The number of fused-ring (bicyclic) bond motifs is 1. The van der Waals surface area contributed by atoms with E-state index in [1.807, 2.05) is 0 Å². The van der Waals surface area contributed by atoms with Gasteiger partial charge in [0, 0.05) is 10.9 Å². The molecule has 0 aliphatic heterocycles. The third-order valence-electron chi connectivity index (χ3n) is 3.10. The zero-order chi connectivity index (χ0) is 18.5. The molecule has 0 radical (unpaired) electrons. The first-order chi connectivity index (χ1) is 10.8. The Labute approximate surface area is 155 Å². The second-order valence-electron chi connectivity index (χ2n) is 4.58. The first-order valence-corrected chi connectivity index (χ1v) is 10.3. The smallest absolute Gasteiger partial charge is 0.297 e. The predicted molar refractivity (Wildman–Crippen MR) is 98.5 cm³/mol. The fourth-order valence-electron chi connectivity index (χ4n) is 2.34. The summed E-state index contributed by atoms with van der Waals surface area (Å²) in [6.07, 6.45) is 0.869. The van der Waals surface area contributed by atoms with E-state index in [0.717, 1.165) is 12.1 Å². The van der Waals surface area contributed by atoms with Crippen LogP contribution in [0.5, 0.6) is 0 Å². The average molecular weight is 445 g/mol. The van der Waals surface area contributed by atoms with Gasteiger partial charge < -0.3 is 18.5 Å². The highest BCUT2D eigenvalue weighted by atomic mass is 32.2. The summed E-state index contributed by atoms with van der Waals surface area (Å²) in [7, 11) is -16.1. The predicted octanol–water partition coefficient (Wildman–Crippen LogP) is 1.71. The van der Waals surface area contributed by atoms with Gasteiger partial charge in [-0.2, -0.15) is 25.3 Å². The van der Waals surface area contributed by atoms with Crippen LogP contribution in [-0.4, -0.2) is 38.9 Å². The fraction of sp³-hybridized carbons (Fsp3) is 0. The van der Waals surface area contributed by atoms with Gasteiger partial charge in [0.15, 0.2) is 0 Å². The molecule has 0 amide bonds. The summed E-state index contributed by atoms with van der Waals surface area (Å²) in [4.78, 5) is -4.41. The molecule has 0 fully saturated rings. The maximum absolute atomic E-state index is 11.7. The van der Waals surface area contributed by atoms with Gasteiger partial charge in [-0.15, -0.1) is 0 Å². The Kier molecular flexibility index (Phi) is 8.46. The lowest BCUT2D eigenvalue weighted by Gasteiger charge is -2.16. The Morgan fingerprint density at radius 2 is 1.04 bits per heavy atom. The molecule has 2 aromatic rings. The van der Waals surface area contributed by atoms with E-state index in [1.54, 1.807) is 0 Å². The van der Waals surface area contributed by atoms with Crippen LogP contribution in [0.4, 0.5) is 0 Å². The Bertz CT molecular complexity index is 1190. The molecule has 2 aromatic carbocycles. The van der Waals surface area contributed by atoms with Gasteiger partial charge in [0.25, 0.3) is 30.4 Å². The van der Waals surface area contributed by atoms with Crippen molar-refractivity contribution in [3.05, 3.63) is 36.4 Å². The van der Waals surface area contributed by atoms with Crippen LogP contribution in [0, 0.1) is 0 Å². The van der Waals surface area contributed by atoms with Crippen molar-refractivity contribution in [3.8, 4) is 0 Å². The molecule has 0 bridgehead atoms. The molecule has 0 spiro atoms. The number of benzene rings is 2. The molecule has 0 aliphatic rings. The summed E-state index contributed by atoms with van der Waals surface area (Å²) in [6, 6.07) is 4.99. The van der Waals surface area contributed by atoms with Crippen LogP contribution >= 0.6 is 0 Å². The van der Waals surface area contributed by atoms with Crippen molar-refractivity contribution in [1.82, 2.24) is 18.5 Å². The molecular weight excluding hydrogens is 426 g/mol. The first-order valence-electron chi connectivity index (χ1n) is 5.93. The number of rotatable bonds is 4. The molecule has 0 unspecified atom stereocenters. The molecule has 12 nitrogen and oxygen atoms in total. The summed E-state index contributed by atoms with van der Waals surface area (Å²) in [5, 5.41) is -0.505. The summed E-state index contributed by atoms with van der Waals surface area (Å²) < 4.78 is 98.0. The average Bonchev–Trinajstić information content (AvgIpc) is 2.41. The standard InChI is InChI=1S/C12H10O9S3.3H3N/c1-2-7-8-5-3-4-6-9(8)11(23(16,17)18)12(24(19,20)21)10(7)22(13,14)15;;;/h2-6H,1H2,(H,13,14,15)(H,16,17,18)(H,19,20,21);3*1H3. The van der Waals surface area contributed by atoms with Crippen LogP contribution in [0.15, 0.2) is 45.5 Å². The van der Waals surface area contributed by atoms with Crippen LogP contribution in [0.25, 0.3) is 16.8 Å². The fourth-order valence-corrected chi connectivity index (χ4v) is 5.95. The van der Waals surface area contributed by atoms with E-state index in [0.29, 0.717) is 0 Å². The molecule has 0 aliphatic carbocycles. The van der Waals surface area contributed by atoms with E-state index >= 15 is 0 Å². The Hall–Kier alpha value is -1.95. The third-order valence-corrected chi connectivity index (χ3v) is 6.16. The third kappa shape index (κ3) is 4.86. The Morgan fingerprint density at radius 1 is 0.667 bits per heavy atom. The van der Waals surface area contributed by atoms with Crippen LogP contribution in [0.1, 0.15) is 5.56 Å². The van der Waals surface area contributed by atoms with Gasteiger partial charge in [0.2, 0.25) is 0 Å². The Balaban J connectivity index is 0. The molecule has 0 saturated heterocycles. The maximum Gasteiger partial charge on any atom is 0.297 e. The summed E-state index contributed by atoms with van der Waals surface area (Å²) >= 11 is 0. The normalized spacial score (nSPS) is 11.7.